The number of nitrogens with zero attached hydrogens (tertiary/aromatic N) is 2. The van der Waals surface area contributed by atoms with Crippen LogP contribution in [-0.2, 0) is 23.3 Å². The van der Waals surface area contributed by atoms with Gasteiger partial charge in [-0.1, -0.05) is 35.9 Å². The molecule has 0 saturated heterocycles. The summed E-state index contributed by atoms with van der Waals surface area (Å²) in [5, 5.41) is 3.41. The minimum Gasteiger partial charge on any atom is -0.368 e. The lowest BCUT2D eigenvalue weighted by Gasteiger charge is -2.33. The van der Waals surface area contributed by atoms with E-state index < -0.39 is 11.4 Å². The quantitative estimate of drug-likeness (QED) is 0.689. The third-order valence-corrected chi connectivity index (χ3v) is 4.47. The molecule has 0 saturated carbocycles. The topological polar surface area (TPSA) is 80.9 Å². The van der Waals surface area contributed by atoms with E-state index in [1.807, 2.05) is 55.5 Å². The van der Waals surface area contributed by atoms with E-state index in [2.05, 4.69) is 15.3 Å². The highest BCUT2D eigenvalue weighted by molar-refractivity contribution is 5.86. The fourth-order valence-electron chi connectivity index (χ4n) is 3.06. The molecule has 1 unspecified atom stereocenters. The largest absolute Gasteiger partial charge is 0.368 e. The summed E-state index contributed by atoms with van der Waals surface area (Å²) in [5.74, 6) is -0.413. The summed E-state index contributed by atoms with van der Waals surface area (Å²) in [4.78, 5) is 20.9. The first-order chi connectivity index (χ1) is 12.6. The zero-order valence-corrected chi connectivity index (χ0v) is 14.7. The number of pyridine rings is 2. The molecule has 0 radical (unpaired) electrons. The smallest absolute Gasteiger partial charge is 0.242 e. The first kappa shape index (κ1) is 17.8. The van der Waals surface area contributed by atoms with E-state index in [-0.39, 0.29) is 0 Å². The van der Waals surface area contributed by atoms with Crippen molar-refractivity contribution in [1.29, 1.82) is 0 Å². The second-order valence-corrected chi connectivity index (χ2v) is 6.39. The highest BCUT2D eigenvalue weighted by Crippen LogP contribution is 2.27. The number of aryl methyl sites for hydroxylation is 1. The van der Waals surface area contributed by atoms with Gasteiger partial charge in [0.15, 0.2) is 0 Å². The highest BCUT2D eigenvalue weighted by atomic mass is 16.1. The molecule has 0 aliphatic heterocycles. The molecule has 0 spiro atoms. The fraction of sp³-hybridized carbons (Fsp3) is 0.190. The van der Waals surface area contributed by atoms with E-state index in [9.17, 15) is 4.79 Å². The summed E-state index contributed by atoms with van der Waals surface area (Å²) < 4.78 is 0. The molecule has 26 heavy (non-hydrogen) atoms. The number of carbonyl (C=O) groups is 1. The summed E-state index contributed by atoms with van der Waals surface area (Å²) in [6, 6.07) is 15.5. The number of amides is 1. The molecule has 2 heterocycles. The predicted octanol–water partition coefficient (Wildman–Crippen LogP) is 2.50. The Hall–Kier alpha value is -3.05. The van der Waals surface area contributed by atoms with Crippen molar-refractivity contribution in [3.05, 3.63) is 95.6 Å². The van der Waals surface area contributed by atoms with E-state index >= 15 is 0 Å². The summed E-state index contributed by atoms with van der Waals surface area (Å²) in [5.41, 5.74) is 8.81. The minimum atomic E-state index is -1.02. The van der Waals surface area contributed by atoms with E-state index in [4.69, 9.17) is 5.73 Å². The van der Waals surface area contributed by atoms with Crippen molar-refractivity contribution < 1.29 is 4.79 Å². The van der Waals surface area contributed by atoms with Crippen LogP contribution in [0.1, 0.15) is 22.3 Å². The molecule has 3 N–H and O–H groups in total. The van der Waals surface area contributed by atoms with Gasteiger partial charge in [-0.15, -0.1) is 0 Å². The number of nitrogens with one attached hydrogen (secondary N) is 1. The van der Waals surface area contributed by atoms with E-state index in [1.165, 1.54) is 0 Å². The molecule has 0 bridgehead atoms. The molecule has 2 aromatic heterocycles. The maximum Gasteiger partial charge on any atom is 0.242 e. The van der Waals surface area contributed by atoms with Crippen molar-refractivity contribution >= 4 is 5.91 Å². The average Bonchev–Trinajstić information content (AvgIpc) is 2.66. The Labute approximate surface area is 153 Å². The summed E-state index contributed by atoms with van der Waals surface area (Å²) in [6.07, 6.45) is 7.38. The predicted molar refractivity (Wildman–Crippen MR) is 101 cm³/mol. The van der Waals surface area contributed by atoms with E-state index in [0.29, 0.717) is 13.0 Å². The number of aromatic nitrogens is 2. The molecule has 3 aromatic rings. The molecule has 1 atom stereocenters. The van der Waals surface area contributed by atoms with Crippen molar-refractivity contribution in [1.82, 2.24) is 15.3 Å². The van der Waals surface area contributed by atoms with Gasteiger partial charge in [0, 0.05) is 37.8 Å². The fourth-order valence-corrected chi connectivity index (χ4v) is 3.06. The Morgan fingerprint density at radius 1 is 1.04 bits per heavy atom. The van der Waals surface area contributed by atoms with Gasteiger partial charge in [-0.2, -0.15) is 0 Å². The van der Waals surface area contributed by atoms with Crippen molar-refractivity contribution in [3.63, 3.8) is 0 Å². The molecule has 3 rings (SSSR count). The molecule has 132 valence electrons. The Morgan fingerprint density at radius 3 is 2.50 bits per heavy atom. The zero-order chi connectivity index (χ0) is 18.4. The van der Waals surface area contributed by atoms with Crippen LogP contribution in [0.15, 0.2) is 73.3 Å². The van der Waals surface area contributed by atoms with Gasteiger partial charge in [0.2, 0.25) is 5.91 Å². The zero-order valence-electron chi connectivity index (χ0n) is 14.7. The maximum absolute atomic E-state index is 12.7. The van der Waals surface area contributed by atoms with Crippen LogP contribution in [0.3, 0.4) is 0 Å². The number of rotatable bonds is 7. The number of hydrogen-bond acceptors (Lipinski definition) is 4. The monoisotopic (exact) mass is 346 g/mol. The van der Waals surface area contributed by atoms with Gasteiger partial charge in [-0.3, -0.25) is 20.1 Å². The molecular weight excluding hydrogens is 324 g/mol. The number of carbonyl (C=O) groups excluding carboxylic acids is 1. The van der Waals surface area contributed by atoms with Crippen LogP contribution in [0.25, 0.3) is 0 Å². The van der Waals surface area contributed by atoms with Crippen molar-refractivity contribution in [2.75, 3.05) is 0 Å². The van der Waals surface area contributed by atoms with Gasteiger partial charge in [0.25, 0.3) is 0 Å². The third kappa shape index (κ3) is 3.95. The molecule has 0 aliphatic rings. The standard InChI is InChI=1S/C21H22N4O/c1-16-4-2-6-19(12-16)21(20(22)26,13-17-7-10-23-11-8-17)25-15-18-5-3-9-24-14-18/h2-12,14,25H,13,15H2,1H3,(H2,22,26). The van der Waals surface area contributed by atoms with Gasteiger partial charge >= 0.3 is 0 Å². The highest BCUT2D eigenvalue weighted by Gasteiger charge is 2.38. The number of nitrogens with two attached hydrogens (primary N) is 1. The van der Waals surface area contributed by atoms with Crippen LogP contribution >= 0.6 is 0 Å². The van der Waals surface area contributed by atoms with E-state index in [1.54, 1.807) is 24.8 Å². The Kier molecular flexibility index (Phi) is 5.39. The molecule has 1 amide bonds. The minimum absolute atomic E-state index is 0.413. The molecule has 0 fully saturated rings. The first-order valence-electron chi connectivity index (χ1n) is 8.50. The molecule has 5 nitrogen and oxygen atoms in total. The summed E-state index contributed by atoms with van der Waals surface area (Å²) in [6.45, 7) is 2.48. The first-order valence-corrected chi connectivity index (χ1v) is 8.50. The number of benzene rings is 1. The Balaban J connectivity index is 2.01. The molecule has 0 aliphatic carbocycles. The normalized spacial score (nSPS) is 13.1. The lowest BCUT2D eigenvalue weighted by molar-refractivity contribution is -0.125. The van der Waals surface area contributed by atoms with E-state index in [0.717, 1.165) is 22.3 Å². The van der Waals surface area contributed by atoms with Crippen molar-refractivity contribution in [2.45, 2.75) is 25.4 Å². The second kappa shape index (κ2) is 7.89. The SMILES string of the molecule is Cc1cccc(C(Cc2ccncc2)(NCc2cccnc2)C(N)=O)c1. The maximum atomic E-state index is 12.7. The van der Waals surface area contributed by atoms with Gasteiger partial charge in [0.1, 0.15) is 5.54 Å². The van der Waals surface area contributed by atoms with Gasteiger partial charge in [-0.25, -0.2) is 0 Å². The van der Waals surface area contributed by atoms with Gasteiger partial charge in [-0.05, 0) is 41.8 Å². The van der Waals surface area contributed by atoms with Crippen LogP contribution in [0.5, 0.6) is 0 Å². The molecule has 1 aromatic carbocycles. The van der Waals surface area contributed by atoms with Crippen molar-refractivity contribution in [2.24, 2.45) is 5.73 Å². The lowest BCUT2D eigenvalue weighted by Crippen LogP contribution is -2.54. The van der Waals surface area contributed by atoms with Gasteiger partial charge in [0.05, 0.1) is 0 Å². The van der Waals surface area contributed by atoms with Crippen LogP contribution in [0.4, 0.5) is 0 Å². The van der Waals surface area contributed by atoms with Crippen molar-refractivity contribution in [3.8, 4) is 0 Å². The summed E-state index contributed by atoms with van der Waals surface area (Å²) >= 11 is 0. The Morgan fingerprint density at radius 2 is 1.85 bits per heavy atom. The van der Waals surface area contributed by atoms with Crippen LogP contribution in [0.2, 0.25) is 0 Å². The number of hydrogen-bond donors (Lipinski definition) is 2. The third-order valence-electron chi connectivity index (χ3n) is 4.47. The van der Waals surface area contributed by atoms with Crippen LogP contribution in [-0.4, -0.2) is 15.9 Å². The lowest BCUT2D eigenvalue weighted by atomic mass is 9.82. The average molecular weight is 346 g/mol. The number of primary amides is 1. The van der Waals surface area contributed by atoms with Gasteiger partial charge < -0.3 is 5.73 Å². The molecule has 5 heteroatoms. The van der Waals surface area contributed by atoms with Crippen LogP contribution in [0, 0.1) is 6.92 Å². The summed E-state index contributed by atoms with van der Waals surface area (Å²) in [7, 11) is 0. The second-order valence-electron chi connectivity index (χ2n) is 6.39. The molecular formula is C21H22N4O. The van der Waals surface area contributed by atoms with Crippen LogP contribution < -0.4 is 11.1 Å². The Bertz CT molecular complexity index is 867.